The third-order valence-corrected chi connectivity index (χ3v) is 3.68. The number of nitrogens with one attached hydrogen (secondary N) is 1. The Labute approximate surface area is 105 Å². The maximum Gasteiger partial charge on any atom is 0.0337 e. The van der Waals surface area contributed by atoms with Crippen molar-refractivity contribution in [3.63, 3.8) is 0 Å². The Morgan fingerprint density at radius 1 is 1.41 bits per heavy atom. The molecular weight excluding hydrogens is 210 g/mol. The molecule has 1 aliphatic rings. The second kappa shape index (κ2) is 5.23. The van der Waals surface area contributed by atoms with Crippen molar-refractivity contribution in [2.75, 3.05) is 27.2 Å². The lowest BCUT2D eigenvalue weighted by Gasteiger charge is -2.16. The van der Waals surface area contributed by atoms with Gasteiger partial charge in [-0.3, -0.25) is 0 Å². The lowest BCUT2D eigenvalue weighted by atomic mass is 10.2. The van der Waals surface area contributed by atoms with Gasteiger partial charge in [0, 0.05) is 37.1 Å². The van der Waals surface area contributed by atoms with Gasteiger partial charge in [-0.2, -0.15) is 0 Å². The van der Waals surface area contributed by atoms with Gasteiger partial charge in [0.1, 0.15) is 0 Å². The molecule has 1 fully saturated rings. The molecule has 1 N–H and O–H groups in total. The second-order valence-electron chi connectivity index (χ2n) is 5.34. The molecule has 0 aliphatic heterocycles. The molecule has 0 aromatic carbocycles. The van der Waals surface area contributed by atoms with E-state index in [-0.39, 0.29) is 0 Å². The van der Waals surface area contributed by atoms with Crippen molar-refractivity contribution in [2.24, 2.45) is 0 Å². The van der Waals surface area contributed by atoms with Crippen LogP contribution in [0.3, 0.4) is 0 Å². The molecule has 1 heterocycles. The van der Waals surface area contributed by atoms with Gasteiger partial charge in [0.15, 0.2) is 0 Å². The predicted molar refractivity (Wildman–Crippen MR) is 72.4 cm³/mol. The molecule has 0 atom stereocenters. The summed E-state index contributed by atoms with van der Waals surface area (Å²) in [4.78, 5) is 2.38. The van der Waals surface area contributed by atoms with Crippen LogP contribution in [0.2, 0.25) is 0 Å². The molecule has 0 spiro atoms. The smallest absolute Gasteiger partial charge is 0.0337 e. The Bertz CT molecular complexity index is 377. The average Bonchev–Trinajstić information content (AvgIpc) is 3.06. The first-order valence-corrected chi connectivity index (χ1v) is 6.64. The van der Waals surface area contributed by atoms with Crippen LogP contribution < -0.4 is 5.32 Å². The summed E-state index contributed by atoms with van der Waals surface area (Å²) in [6, 6.07) is 3.16. The fourth-order valence-electron chi connectivity index (χ4n) is 2.57. The van der Waals surface area contributed by atoms with Crippen molar-refractivity contribution < 1.29 is 0 Å². The summed E-state index contributed by atoms with van der Waals surface area (Å²) in [6.07, 6.45) is 2.73. The molecule has 0 saturated heterocycles. The van der Waals surface area contributed by atoms with E-state index in [0.29, 0.717) is 0 Å². The van der Waals surface area contributed by atoms with Crippen molar-refractivity contribution in [2.45, 2.75) is 39.3 Å². The number of hydrogen-bond donors (Lipinski definition) is 1. The summed E-state index contributed by atoms with van der Waals surface area (Å²) in [6.45, 7) is 7.73. The number of aryl methyl sites for hydroxylation is 1. The number of likely N-dealkylation sites (N-methyl/N-ethyl adjacent to an activating group) is 2. The maximum atomic E-state index is 3.20. The normalized spacial score (nSPS) is 15.8. The zero-order valence-corrected chi connectivity index (χ0v) is 11.6. The standard InChI is InChI=1S/C14H25N3/c1-11-9-13(10-16(4)8-7-15-3)12(2)17(11)14-5-6-14/h9,14-15H,5-8,10H2,1-4H3. The fourth-order valence-corrected chi connectivity index (χ4v) is 2.57. The van der Waals surface area contributed by atoms with Crippen molar-refractivity contribution in [3.05, 3.63) is 23.0 Å². The fraction of sp³-hybridized carbons (Fsp3) is 0.714. The number of rotatable bonds is 6. The van der Waals surface area contributed by atoms with Crippen LogP contribution in [0.4, 0.5) is 0 Å². The first kappa shape index (κ1) is 12.7. The minimum atomic E-state index is 0.798. The SMILES string of the molecule is CNCCN(C)Cc1cc(C)n(C2CC2)c1C. The zero-order chi connectivity index (χ0) is 12.4. The van der Waals surface area contributed by atoms with Crippen LogP contribution in [0.25, 0.3) is 0 Å². The van der Waals surface area contributed by atoms with E-state index in [1.165, 1.54) is 29.8 Å². The van der Waals surface area contributed by atoms with Crippen LogP contribution >= 0.6 is 0 Å². The molecule has 96 valence electrons. The van der Waals surface area contributed by atoms with E-state index in [0.717, 1.165) is 25.7 Å². The lowest BCUT2D eigenvalue weighted by Crippen LogP contribution is -2.27. The molecule has 0 unspecified atom stereocenters. The molecule has 1 aromatic rings. The monoisotopic (exact) mass is 235 g/mol. The Morgan fingerprint density at radius 2 is 2.12 bits per heavy atom. The topological polar surface area (TPSA) is 20.2 Å². The van der Waals surface area contributed by atoms with Crippen LogP contribution in [0.5, 0.6) is 0 Å². The van der Waals surface area contributed by atoms with Gasteiger partial charge in [-0.1, -0.05) is 0 Å². The minimum absolute atomic E-state index is 0.798. The van der Waals surface area contributed by atoms with Crippen LogP contribution in [0.1, 0.15) is 35.8 Å². The summed E-state index contributed by atoms with van der Waals surface area (Å²) in [7, 11) is 4.20. The summed E-state index contributed by atoms with van der Waals surface area (Å²) in [5.41, 5.74) is 4.40. The highest BCUT2D eigenvalue weighted by Gasteiger charge is 2.26. The van der Waals surface area contributed by atoms with E-state index in [4.69, 9.17) is 0 Å². The Kier molecular flexibility index (Phi) is 3.89. The van der Waals surface area contributed by atoms with Crippen LogP contribution in [-0.4, -0.2) is 36.7 Å². The molecule has 3 heteroatoms. The number of aromatic nitrogens is 1. The number of nitrogens with zero attached hydrogens (tertiary/aromatic N) is 2. The molecule has 17 heavy (non-hydrogen) atoms. The Balaban J connectivity index is 2.03. The minimum Gasteiger partial charge on any atom is -0.346 e. The van der Waals surface area contributed by atoms with E-state index >= 15 is 0 Å². The van der Waals surface area contributed by atoms with Gasteiger partial charge in [0.2, 0.25) is 0 Å². The van der Waals surface area contributed by atoms with E-state index in [1.54, 1.807) is 0 Å². The molecule has 0 radical (unpaired) electrons. The Hall–Kier alpha value is -0.800. The van der Waals surface area contributed by atoms with Crippen molar-refractivity contribution in [1.82, 2.24) is 14.8 Å². The molecule has 0 amide bonds. The highest BCUT2D eigenvalue weighted by Crippen LogP contribution is 2.38. The highest BCUT2D eigenvalue weighted by atomic mass is 15.1. The molecular formula is C14H25N3. The highest BCUT2D eigenvalue weighted by molar-refractivity contribution is 5.28. The lowest BCUT2D eigenvalue weighted by molar-refractivity contribution is 0.327. The zero-order valence-electron chi connectivity index (χ0n) is 11.6. The average molecular weight is 235 g/mol. The third kappa shape index (κ3) is 2.90. The summed E-state index contributed by atoms with van der Waals surface area (Å²) in [5, 5.41) is 3.20. The van der Waals surface area contributed by atoms with E-state index in [9.17, 15) is 0 Å². The Morgan fingerprint density at radius 3 is 2.71 bits per heavy atom. The van der Waals surface area contributed by atoms with Gasteiger partial charge < -0.3 is 14.8 Å². The van der Waals surface area contributed by atoms with Crippen LogP contribution in [0.15, 0.2) is 6.07 Å². The van der Waals surface area contributed by atoms with Crippen molar-refractivity contribution in [1.29, 1.82) is 0 Å². The quantitative estimate of drug-likeness (QED) is 0.815. The van der Waals surface area contributed by atoms with Crippen LogP contribution in [0, 0.1) is 13.8 Å². The van der Waals surface area contributed by atoms with Crippen LogP contribution in [-0.2, 0) is 6.54 Å². The van der Waals surface area contributed by atoms with Crippen molar-refractivity contribution in [3.8, 4) is 0 Å². The van der Waals surface area contributed by atoms with Gasteiger partial charge in [-0.05, 0) is 52.4 Å². The van der Waals surface area contributed by atoms with E-state index < -0.39 is 0 Å². The summed E-state index contributed by atoms with van der Waals surface area (Å²) in [5.74, 6) is 0. The maximum absolute atomic E-state index is 3.20. The third-order valence-electron chi connectivity index (χ3n) is 3.68. The molecule has 0 bridgehead atoms. The second-order valence-corrected chi connectivity index (χ2v) is 5.34. The van der Waals surface area contributed by atoms with Gasteiger partial charge in [-0.15, -0.1) is 0 Å². The predicted octanol–water partition coefficient (Wildman–Crippen LogP) is 2.09. The molecule has 1 saturated carbocycles. The van der Waals surface area contributed by atoms with Gasteiger partial charge in [0.05, 0.1) is 0 Å². The molecule has 1 aromatic heterocycles. The molecule has 1 aliphatic carbocycles. The summed E-state index contributed by atoms with van der Waals surface area (Å²) >= 11 is 0. The number of hydrogen-bond acceptors (Lipinski definition) is 2. The summed E-state index contributed by atoms with van der Waals surface area (Å²) < 4.78 is 2.53. The largest absolute Gasteiger partial charge is 0.346 e. The first-order valence-electron chi connectivity index (χ1n) is 6.64. The van der Waals surface area contributed by atoms with Gasteiger partial charge in [-0.25, -0.2) is 0 Å². The van der Waals surface area contributed by atoms with Crippen molar-refractivity contribution >= 4 is 0 Å². The van der Waals surface area contributed by atoms with E-state index in [1.807, 2.05) is 7.05 Å². The van der Waals surface area contributed by atoms with Gasteiger partial charge >= 0.3 is 0 Å². The molecule has 2 rings (SSSR count). The first-order chi connectivity index (χ1) is 8.13. The van der Waals surface area contributed by atoms with Gasteiger partial charge in [0.25, 0.3) is 0 Å². The molecule has 3 nitrogen and oxygen atoms in total. The van der Waals surface area contributed by atoms with E-state index in [2.05, 4.69) is 41.7 Å².